The van der Waals surface area contributed by atoms with Crippen molar-refractivity contribution in [1.82, 2.24) is 4.72 Å². The summed E-state index contributed by atoms with van der Waals surface area (Å²) < 4.78 is 32.2. The van der Waals surface area contributed by atoms with Crippen LogP contribution in [0.1, 0.15) is 13.3 Å². The number of hydrogen-bond donors (Lipinski definition) is 1. The second kappa shape index (κ2) is 8.08. The van der Waals surface area contributed by atoms with E-state index in [9.17, 15) is 8.42 Å². The maximum absolute atomic E-state index is 12.0. The first-order valence-corrected chi connectivity index (χ1v) is 8.99. The van der Waals surface area contributed by atoms with Gasteiger partial charge >= 0.3 is 0 Å². The van der Waals surface area contributed by atoms with Crippen LogP contribution in [0.5, 0.6) is 0 Å². The van der Waals surface area contributed by atoms with Crippen molar-refractivity contribution in [3.8, 4) is 0 Å². The van der Waals surface area contributed by atoms with E-state index in [-0.39, 0.29) is 10.3 Å². The van der Waals surface area contributed by atoms with Gasteiger partial charge in [-0.3, -0.25) is 0 Å². The van der Waals surface area contributed by atoms with Gasteiger partial charge in [-0.05, 0) is 18.4 Å². The van der Waals surface area contributed by atoms with Crippen molar-refractivity contribution in [2.24, 2.45) is 5.16 Å². The van der Waals surface area contributed by atoms with Gasteiger partial charge < -0.3 is 9.57 Å². The quantitative estimate of drug-likeness (QED) is 0.322. The first kappa shape index (κ1) is 17.6. The van der Waals surface area contributed by atoms with Gasteiger partial charge in [-0.15, -0.1) is 11.3 Å². The van der Waals surface area contributed by atoms with E-state index >= 15 is 0 Å². The number of ether oxygens (including phenoxy) is 1. The first-order valence-electron chi connectivity index (χ1n) is 5.71. The lowest BCUT2D eigenvalue weighted by atomic mass is 10.2. The van der Waals surface area contributed by atoms with E-state index in [0.29, 0.717) is 12.1 Å². The highest BCUT2D eigenvalue weighted by Crippen LogP contribution is 2.18. The van der Waals surface area contributed by atoms with Crippen LogP contribution in [0.4, 0.5) is 0 Å². The van der Waals surface area contributed by atoms with Crippen molar-refractivity contribution in [2.45, 2.75) is 28.6 Å². The fourth-order valence-corrected chi connectivity index (χ4v) is 4.67. The van der Waals surface area contributed by atoms with Gasteiger partial charge in [0.1, 0.15) is 17.4 Å². The fourth-order valence-electron chi connectivity index (χ4n) is 1.52. The van der Waals surface area contributed by atoms with Crippen LogP contribution in [0.2, 0.25) is 0 Å². The number of sulfonamides is 1. The first-order chi connectivity index (χ1) is 9.40. The third-order valence-corrected chi connectivity index (χ3v) is 6.22. The number of thiophene rings is 1. The zero-order valence-electron chi connectivity index (χ0n) is 11.4. The zero-order valence-corrected chi connectivity index (χ0v) is 14.6. The highest BCUT2D eigenvalue weighted by molar-refractivity contribution is 9.09. The average molecular weight is 385 g/mol. The Morgan fingerprint density at radius 3 is 2.75 bits per heavy atom. The molecule has 0 aliphatic carbocycles. The zero-order chi connectivity index (χ0) is 15.2. The summed E-state index contributed by atoms with van der Waals surface area (Å²) in [6.45, 7) is 1.76. The maximum atomic E-state index is 12.0. The molecule has 1 heterocycles. The minimum atomic E-state index is -3.51. The van der Waals surface area contributed by atoms with Crippen LogP contribution in [0.3, 0.4) is 0 Å². The summed E-state index contributed by atoms with van der Waals surface area (Å²) in [5.41, 5.74) is 0.634. The highest BCUT2D eigenvalue weighted by atomic mass is 79.9. The van der Waals surface area contributed by atoms with E-state index in [2.05, 4.69) is 30.6 Å². The van der Waals surface area contributed by atoms with Gasteiger partial charge in [0.15, 0.2) is 0 Å². The SMILES string of the molecule is CO/N=C(\C)C(CC(Br)NS(=O)(=O)c1cccs1)OC. The molecule has 0 saturated heterocycles. The molecular weight excluding hydrogens is 368 g/mol. The van der Waals surface area contributed by atoms with Crippen molar-refractivity contribution in [2.75, 3.05) is 14.2 Å². The number of hydrogen-bond acceptors (Lipinski definition) is 6. The molecule has 0 fully saturated rings. The molecule has 0 spiro atoms. The Bertz CT molecular complexity index is 531. The van der Waals surface area contributed by atoms with E-state index in [0.717, 1.165) is 11.3 Å². The minimum absolute atomic E-state index is 0.276. The third kappa shape index (κ3) is 5.13. The second-order valence-corrected chi connectivity index (χ2v) is 7.89. The van der Waals surface area contributed by atoms with Crippen LogP contribution in [-0.4, -0.2) is 39.4 Å². The predicted octanol–water partition coefficient (Wildman–Crippen LogP) is 2.17. The molecule has 2 unspecified atom stereocenters. The molecule has 20 heavy (non-hydrogen) atoms. The van der Waals surface area contributed by atoms with Gasteiger partial charge in [0.05, 0.1) is 10.7 Å². The monoisotopic (exact) mass is 384 g/mol. The van der Waals surface area contributed by atoms with Crippen molar-refractivity contribution in [3.63, 3.8) is 0 Å². The average Bonchev–Trinajstić information content (AvgIpc) is 2.90. The lowest BCUT2D eigenvalue weighted by Gasteiger charge is -2.18. The largest absolute Gasteiger partial charge is 0.399 e. The molecule has 9 heteroatoms. The van der Waals surface area contributed by atoms with Crippen molar-refractivity contribution in [1.29, 1.82) is 0 Å². The summed E-state index contributed by atoms with van der Waals surface area (Å²) in [7, 11) is -0.533. The number of halogens is 1. The van der Waals surface area contributed by atoms with E-state index in [1.165, 1.54) is 14.2 Å². The summed E-state index contributed by atoms with van der Waals surface area (Å²) in [5.74, 6) is 0. The summed E-state index contributed by atoms with van der Waals surface area (Å²) in [6.07, 6.45) is 0.0464. The topological polar surface area (TPSA) is 77.0 Å². The third-order valence-electron chi connectivity index (χ3n) is 2.45. The smallest absolute Gasteiger partial charge is 0.251 e. The number of rotatable bonds is 8. The van der Waals surface area contributed by atoms with Crippen LogP contribution in [0, 0.1) is 0 Å². The van der Waals surface area contributed by atoms with Crippen LogP contribution >= 0.6 is 27.3 Å². The Labute approximate surface area is 131 Å². The summed E-state index contributed by atoms with van der Waals surface area (Å²) >= 11 is 4.46. The molecule has 0 saturated carbocycles. The second-order valence-electron chi connectivity index (χ2n) is 3.90. The lowest BCUT2D eigenvalue weighted by molar-refractivity contribution is 0.138. The standard InChI is InChI=1S/C11H17BrN2O4S2/c1-8(13-18-3)9(17-2)7-10(12)14-20(15,16)11-5-4-6-19-11/h4-6,9-10,14H,7H2,1-3H3/b13-8+. The summed E-state index contributed by atoms with van der Waals surface area (Å²) in [6, 6.07) is 3.24. The van der Waals surface area contributed by atoms with Gasteiger partial charge in [0.25, 0.3) is 10.0 Å². The van der Waals surface area contributed by atoms with Gasteiger partial charge in [-0.1, -0.05) is 27.2 Å². The molecule has 0 bridgehead atoms. The molecule has 0 amide bonds. The number of oxime groups is 1. The Hall–Kier alpha value is -0.480. The van der Waals surface area contributed by atoms with E-state index in [1.54, 1.807) is 24.4 Å². The molecule has 0 aliphatic heterocycles. The van der Waals surface area contributed by atoms with Crippen LogP contribution < -0.4 is 4.72 Å². The predicted molar refractivity (Wildman–Crippen MR) is 82.9 cm³/mol. The van der Waals surface area contributed by atoms with Gasteiger partial charge in [-0.2, -0.15) is 4.72 Å². The molecule has 0 aliphatic rings. The van der Waals surface area contributed by atoms with Crippen LogP contribution in [0.25, 0.3) is 0 Å². The fraction of sp³-hybridized carbons (Fsp3) is 0.545. The highest BCUT2D eigenvalue weighted by Gasteiger charge is 2.23. The Morgan fingerprint density at radius 1 is 1.55 bits per heavy atom. The van der Waals surface area contributed by atoms with Gasteiger partial charge in [0.2, 0.25) is 0 Å². The molecular formula is C11H17BrN2O4S2. The Kier molecular flexibility index (Phi) is 7.10. The van der Waals surface area contributed by atoms with Crippen molar-refractivity contribution >= 4 is 43.0 Å². The Balaban J connectivity index is 2.67. The molecule has 6 nitrogen and oxygen atoms in total. The summed E-state index contributed by atoms with van der Waals surface area (Å²) in [4.78, 5) is 4.21. The van der Waals surface area contributed by atoms with Crippen LogP contribution in [-0.2, 0) is 19.6 Å². The van der Waals surface area contributed by atoms with Gasteiger partial charge in [0, 0.05) is 13.5 Å². The molecule has 1 N–H and O–H groups in total. The van der Waals surface area contributed by atoms with E-state index in [1.807, 2.05) is 0 Å². The Morgan fingerprint density at radius 2 is 2.25 bits per heavy atom. The normalized spacial score (nSPS) is 15.9. The van der Waals surface area contributed by atoms with Crippen LogP contribution in [0.15, 0.2) is 26.9 Å². The molecule has 0 aromatic carbocycles. The summed E-state index contributed by atoms with van der Waals surface area (Å²) in [5, 5.41) is 5.50. The van der Waals surface area contributed by atoms with Gasteiger partial charge in [-0.25, -0.2) is 8.42 Å². The maximum Gasteiger partial charge on any atom is 0.251 e. The molecule has 2 atom stereocenters. The number of nitrogens with one attached hydrogen (secondary N) is 1. The minimum Gasteiger partial charge on any atom is -0.399 e. The molecule has 0 radical (unpaired) electrons. The number of methoxy groups -OCH3 is 1. The molecule has 1 rings (SSSR count). The molecule has 1 aromatic rings. The molecule has 1 aromatic heterocycles. The number of nitrogens with zero attached hydrogens (tertiary/aromatic N) is 1. The number of alkyl halides is 1. The van der Waals surface area contributed by atoms with Crippen molar-refractivity contribution in [3.05, 3.63) is 17.5 Å². The van der Waals surface area contributed by atoms with E-state index < -0.39 is 15.0 Å². The lowest BCUT2D eigenvalue weighted by Crippen LogP contribution is -2.35. The van der Waals surface area contributed by atoms with E-state index in [4.69, 9.17) is 4.74 Å². The van der Waals surface area contributed by atoms with Crippen molar-refractivity contribution < 1.29 is 18.0 Å². The molecule has 114 valence electrons.